The molecular formula is C16H17N3O4. The third kappa shape index (κ3) is 5.31. The summed E-state index contributed by atoms with van der Waals surface area (Å²) in [6.45, 7) is 0.462. The van der Waals surface area contributed by atoms with E-state index in [9.17, 15) is 9.59 Å². The van der Waals surface area contributed by atoms with Crippen LogP contribution in [0.4, 0.5) is 5.69 Å². The molecule has 120 valence electrons. The average molecular weight is 315 g/mol. The summed E-state index contributed by atoms with van der Waals surface area (Å²) < 4.78 is 10.5. The van der Waals surface area contributed by atoms with Crippen LogP contribution in [-0.4, -0.2) is 37.1 Å². The van der Waals surface area contributed by atoms with Crippen molar-refractivity contribution < 1.29 is 19.1 Å². The van der Waals surface area contributed by atoms with Crippen LogP contribution >= 0.6 is 0 Å². The molecule has 2 aromatic rings. The summed E-state index contributed by atoms with van der Waals surface area (Å²) in [6.07, 6.45) is 3.03. The van der Waals surface area contributed by atoms with E-state index in [2.05, 4.69) is 15.6 Å². The number of carbonyl (C=O) groups excluding carboxylic acids is 2. The zero-order valence-electron chi connectivity index (χ0n) is 12.6. The first kappa shape index (κ1) is 16.3. The van der Waals surface area contributed by atoms with E-state index < -0.39 is 11.8 Å². The highest BCUT2D eigenvalue weighted by atomic mass is 16.5. The van der Waals surface area contributed by atoms with E-state index in [1.165, 1.54) is 6.20 Å². The molecule has 7 nitrogen and oxygen atoms in total. The molecule has 2 N–H and O–H groups in total. The second-order valence-corrected chi connectivity index (χ2v) is 4.48. The molecular weight excluding hydrogens is 298 g/mol. The smallest absolute Gasteiger partial charge is 0.313 e. The Balaban J connectivity index is 1.68. The third-order valence-corrected chi connectivity index (χ3v) is 2.84. The Bertz CT molecular complexity index is 644. The highest BCUT2D eigenvalue weighted by Crippen LogP contribution is 2.16. The van der Waals surface area contributed by atoms with Crippen molar-refractivity contribution in [2.75, 3.05) is 25.6 Å². The molecule has 0 bridgehead atoms. The number of rotatable bonds is 6. The van der Waals surface area contributed by atoms with Crippen LogP contribution in [0.5, 0.6) is 11.5 Å². The van der Waals surface area contributed by atoms with Crippen LogP contribution in [0, 0.1) is 0 Å². The largest absolute Gasteiger partial charge is 0.497 e. The van der Waals surface area contributed by atoms with Crippen molar-refractivity contribution >= 4 is 17.5 Å². The summed E-state index contributed by atoms with van der Waals surface area (Å²) in [6, 6.07) is 10.4. The topological polar surface area (TPSA) is 89.5 Å². The maximum absolute atomic E-state index is 11.6. The first-order chi connectivity index (χ1) is 11.2. The van der Waals surface area contributed by atoms with Gasteiger partial charge in [0.25, 0.3) is 0 Å². The Hall–Kier alpha value is -3.09. The molecule has 0 aliphatic carbocycles. The lowest BCUT2D eigenvalue weighted by atomic mass is 10.3. The van der Waals surface area contributed by atoms with Gasteiger partial charge < -0.3 is 20.1 Å². The molecule has 0 spiro atoms. The van der Waals surface area contributed by atoms with Crippen LogP contribution in [0.3, 0.4) is 0 Å². The first-order valence-corrected chi connectivity index (χ1v) is 6.95. The standard InChI is InChI=1S/C16H17N3O4/c1-22-13-4-6-14(7-5-13)23-10-9-18-15(20)16(21)19-12-3-2-8-17-11-12/h2-8,11H,9-10H2,1H3,(H,18,20)(H,19,21). The number of aromatic nitrogens is 1. The number of anilines is 1. The molecule has 0 atom stereocenters. The van der Waals surface area contributed by atoms with E-state index in [1.807, 2.05) is 0 Å². The number of nitrogens with one attached hydrogen (secondary N) is 2. The number of nitrogens with zero attached hydrogens (tertiary/aromatic N) is 1. The van der Waals surface area contributed by atoms with E-state index in [0.29, 0.717) is 11.4 Å². The van der Waals surface area contributed by atoms with Crippen molar-refractivity contribution in [3.05, 3.63) is 48.8 Å². The minimum Gasteiger partial charge on any atom is -0.497 e. The molecule has 7 heteroatoms. The lowest BCUT2D eigenvalue weighted by Gasteiger charge is -2.08. The third-order valence-electron chi connectivity index (χ3n) is 2.84. The molecule has 0 aliphatic heterocycles. The maximum Gasteiger partial charge on any atom is 0.313 e. The SMILES string of the molecule is COc1ccc(OCCNC(=O)C(=O)Nc2cccnc2)cc1. The Morgan fingerprint density at radius 3 is 2.48 bits per heavy atom. The number of hydrogen-bond donors (Lipinski definition) is 2. The Morgan fingerprint density at radius 2 is 1.83 bits per heavy atom. The minimum absolute atomic E-state index is 0.214. The van der Waals surface area contributed by atoms with Crippen molar-refractivity contribution in [3.8, 4) is 11.5 Å². The number of ether oxygens (including phenoxy) is 2. The summed E-state index contributed by atoms with van der Waals surface area (Å²) >= 11 is 0. The van der Waals surface area contributed by atoms with E-state index in [4.69, 9.17) is 9.47 Å². The fourth-order valence-electron chi connectivity index (χ4n) is 1.71. The quantitative estimate of drug-likeness (QED) is 0.618. The minimum atomic E-state index is -0.748. The van der Waals surface area contributed by atoms with Crippen LogP contribution in [0.25, 0.3) is 0 Å². The van der Waals surface area contributed by atoms with Crippen LogP contribution in [0.15, 0.2) is 48.8 Å². The van der Waals surface area contributed by atoms with Crippen molar-refractivity contribution in [1.82, 2.24) is 10.3 Å². The zero-order valence-corrected chi connectivity index (χ0v) is 12.6. The van der Waals surface area contributed by atoms with Crippen LogP contribution in [0.1, 0.15) is 0 Å². The van der Waals surface area contributed by atoms with Gasteiger partial charge in [-0.1, -0.05) is 0 Å². The summed E-state index contributed by atoms with van der Waals surface area (Å²) in [4.78, 5) is 27.1. The van der Waals surface area contributed by atoms with Gasteiger partial charge >= 0.3 is 11.8 Å². The molecule has 1 heterocycles. The van der Waals surface area contributed by atoms with E-state index in [0.717, 1.165) is 5.75 Å². The lowest BCUT2D eigenvalue weighted by molar-refractivity contribution is -0.136. The summed E-state index contributed by atoms with van der Waals surface area (Å²) in [5.41, 5.74) is 0.460. The van der Waals surface area contributed by atoms with Gasteiger partial charge in [-0.3, -0.25) is 14.6 Å². The molecule has 2 amide bonds. The zero-order chi connectivity index (χ0) is 16.5. The Labute approximate surface area is 133 Å². The lowest BCUT2D eigenvalue weighted by Crippen LogP contribution is -2.37. The van der Waals surface area contributed by atoms with E-state index in [-0.39, 0.29) is 13.2 Å². The fourth-order valence-corrected chi connectivity index (χ4v) is 1.71. The predicted molar refractivity (Wildman–Crippen MR) is 84.4 cm³/mol. The number of carbonyl (C=O) groups is 2. The molecule has 0 saturated heterocycles. The summed E-state index contributed by atoms with van der Waals surface area (Å²) in [5, 5.41) is 4.92. The van der Waals surface area contributed by atoms with Gasteiger partial charge in [0, 0.05) is 6.20 Å². The van der Waals surface area contributed by atoms with Crippen LogP contribution in [-0.2, 0) is 9.59 Å². The molecule has 2 rings (SSSR count). The molecule has 1 aromatic heterocycles. The highest BCUT2D eigenvalue weighted by molar-refractivity contribution is 6.39. The van der Waals surface area contributed by atoms with E-state index >= 15 is 0 Å². The maximum atomic E-state index is 11.6. The number of amides is 2. The number of hydrogen-bond acceptors (Lipinski definition) is 5. The second-order valence-electron chi connectivity index (χ2n) is 4.48. The second kappa shape index (κ2) is 8.38. The average Bonchev–Trinajstić information content (AvgIpc) is 2.60. The van der Waals surface area contributed by atoms with Crippen molar-refractivity contribution in [3.63, 3.8) is 0 Å². The number of benzene rings is 1. The molecule has 0 radical (unpaired) electrons. The Morgan fingerprint density at radius 1 is 1.09 bits per heavy atom. The fraction of sp³-hybridized carbons (Fsp3) is 0.188. The van der Waals surface area contributed by atoms with Crippen molar-refractivity contribution in [2.45, 2.75) is 0 Å². The molecule has 0 unspecified atom stereocenters. The summed E-state index contributed by atoms with van der Waals surface area (Å²) in [5.74, 6) is -0.0905. The summed E-state index contributed by atoms with van der Waals surface area (Å²) in [7, 11) is 1.59. The predicted octanol–water partition coefficient (Wildman–Crippen LogP) is 1.22. The molecule has 23 heavy (non-hydrogen) atoms. The van der Waals surface area contributed by atoms with Crippen molar-refractivity contribution in [2.24, 2.45) is 0 Å². The molecule has 0 fully saturated rings. The normalized spacial score (nSPS) is 9.78. The van der Waals surface area contributed by atoms with Gasteiger partial charge in [0.15, 0.2) is 0 Å². The van der Waals surface area contributed by atoms with Gasteiger partial charge in [-0.2, -0.15) is 0 Å². The van der Waals surface area contributed by atoms with Gasteiger partial charge in [0.2, 0.25) is 0 Å². The van der Waals surface area contributed by atoms with Gasteiger partial charge in [-0.05, 0) is 36.4 Å². The van der Waals surface area contributed by atoms with Gasteiger partial charge in [-0.15, -0.1) is 0 Å². The highest BCUT2D eigenvalue weighted by Gasteiger charge is 2.12. The van der Waals surface area contributed by atoms with Crippen LogP contribution < -0.4 is 20.1 Å². The van der Waals surface area contributed by atoms with Gasteiger partial charge in [0.1, 0.15) is 18.1 Å². The van der Waals surface area contributed by atoms with Crippen LogP contribution in [0.2, 0.25) is 0 Å². The van der Waals surface area contributed by atoms with E-state index in [1.54, 1.807) is 49.7 Å². The monoisotopic (exact) mass is 315 g/mol. The Kier molecular flexibility index (Phi) is 5.93. The molecule has 0 aliphatic rings. The van der Waals surface area contributed by atoms with Crippen molar-refractivity contribution in [1.29, 1.82) is 0 Å². The first-order valence-electron chi connectivity index (χ1n) is 6.95. The van der Waals surface area contributed by atoms with Gasteiger partial charge in [-0.25, -0.2) is 0 Å². The van der Waals surface area contributed by atoms with Gasteiger partial charge in [0.05, 0.1) is 25.5 Å². The molecule has 1 aromatic carbocycles. The number of pyridine rings is 1. The number of methoxy groups -OCH3 is 1. The molecule has 0 saturated carbocycles.